The Morgan fingerprint density at radius 3 is 3.08 bits per heavy atom. The third-order valence-electron chi connectivity index (χ3n) is 2.04. The van der Waals surface area contributed by atoms with E-state index in [0.717, 1.165) is 11.3 Å². The van der Waals surface area contributed by atoms with Gasteiger partial charge in [-0.25, -0.2) is 4.79 Å². The Bertz CT molecular complexity index is 338. The van der Waals surface area contributed by atoms with Crippen molar-refractivity contribution in [3.05, 3.63) is 29.8 Å². The second-order valence-electron chi connectivity index (χ2n) is 2.89. The highest BCUT2D eigenvalue weighted by Gasteiger charge is 2.23. The number of ether oxygens (including phenoxy) is 1. The molecule has 1 amide bonds. The van der Waals surface area contributed by atoms with Crippen molar-refractivity contribution in [2.45, 2.75) is 6.10 Å². The second kappa shape index (κ2) is 2.97. The van der Waals surface area contributed by atoms with Crippen LogP contribution < -0.4 is 11.1 Å². The Labute approximate surface area is 75.7 Å². The molecule has 0 saturated carbocycles. The summed E-state index contributed by atoms with van der Waals surface area (Å²) in [6, 6.07) is 7.70. The van der Waals surface area contributed by atoms with Crippen LogP contribution in [-0.4, -0.2) is 12.6 Å². The van der Waals surface area contributed by atoms with Crippen molar-refractivity contribution in [3.63, 3.8) is 0 Å². The molecule has 0 bridgehead atoms. The Morgan fingerprint density at radius 1 is 1.54 bits per heavy atom. The summed E-state index contributed by atoms with van der Waals surface area (Å²) in [6.45, 7) is 0.599. The summed E-state index contributed by atoms with van der Waals surface area (Å²) in [4.78, 5) is 10.5. The number of para-hydroxylation sites is 1. The Hall–Kier alpha value is -1.71. The molecule has 3 N–H and O–H groups in total. The number of hydrogen-bond donors (Lipinski definition) is 2. The van der Waals surface area contributed by atoms with Crippen LogP contribution in [0, 0.1) is 0 Å². The van der Waals surface area contributed by atoms with Gasteiger partial charge >= 0.3 is 6.09 Å². The van der Waals surface area contributed by atoms with Crippen molar-refractivity contribution in [2.24, 2.45) is 5.73 Å². The van der Waals surface area contributed by atoms with Crippen LogP contribution >= 0.6 is 0 Å². The fourth-order valence-corrected chi connectivity index (χ4v) is 1.50. The van der Waals surface area contributed by atoms with Gasteiger partial charge in [-0.05, 0) is 6.07 Å². The predicted molar refractivity (Wildman–Crippen MR) is 48.3 cm³/mol. The smallest absolute Gasteiger partial charge is 0.405 e. The van der Waals surface area contributed by atoms with Gasteiger partial charge in [0.1, 0.15) is 6.10 Å². The molecule has 1 atom stereocenters. The van der Waals surface area contributed by atoms with Crippen molar-refractivity contribution in [1.82, 2.24) is 0 Å². The van der Waals surface area contributed by atoms with Gasteiger partial charge in [0.25, 0.3) is 0 Å². The van der Waals surface area contributed by atoms with Crippen molar-refractivity contribution in [1.29, 1.82) is 0 Å². The first-order chi connectivity index (χ1) is 6.27. The lowest BCUT2D eigenvalue weighted by atomic mass is 10.1. The first-order valence-electron chi connectivity index (χ1n) is 4.06. The van der Waals surface area contributed by atoms with E-state index in [-0.39, 0.29) is 6.10 Å². The highest BCUT2D eigenvalue weighted by molar-refractivity contribution is 5.66. The molecule has 4 heteroatoms. The van der Waals surface area contributed by atoms with Crippen LogP contribution in [0.15, 0.2) is 24.3 Å². The first kappa shape index (κ1) is 7.91. The molecule has 1 aliphatic heterocycles. The molecule has 4 nitrogen and oxygen atoms in total. The van der Waals surface area contributed by atoms with Crippen LogP contribution in [0.4, 0.5) is 10.5 Å². The third-order valence-corrected chi connectivity index (χ3v) is 2.04. The Morgan fingerprint density at radius 2 is 2.31 bits per heavy atom. The lowest BCUT2D eigenvalue weighted by Crippen LogP contribution is -2.18. The molecule has 0 radical (unpaired) electrons. The number of carbonyl (C=O) groups excluding carboxylic acids is 1. The molecule has 0 aliphatic carbocycles. The summed E-state index contributed by atoms with van der Waals surface area (Å²) >= 11 is 0. The molecule has 13 heavy (non-hydrogen) atoms. The fraction of sp³-hybridized carbons (Fsp3) is 0.222. The van der Waals surface area contributed by atoms with Crippen LogP contribution in [0.5, 0.6) is 0 Å². The van der Waals surface area contributed by atoms with E-state index in [0.29, 0.717) is 6.54 Å². The van der Waals surface area contributed by atoms with E-state index in [1.807, 2.05) is 24.3 Å². The number of primary amides is 1. The minimum absolute atomic E-state index is 0.242. The third kappa shape index (κ3) is 1.42. The zero-order chi connectivity index (χ0) is 9.26. The molecule has 0 aromatic heterocycles. The van der Waals surface area contributed by atoms with E-state index in [1.54, 1.807) is 0 Å². The van der Waals surface area contributed by atoms with Crippen molar-refractivity contribution in [3.8, 4) is 0 Å². The van der Waals surface area contributed by atoms with E-state index < -0.39 is 6.09 Å². The zero-order valence-corrected chi connectivity index (χ0v) is 6.99. The van der Waals surface area contributed by atoms with Gasteiger partial charge in [0, 0.05) is 11.3 Å². The molecular weight excluding hydrogens is 168 g/mol. The summed E-state index contributed by atoms with van der Waals surface area (Å²) in [7, 11) is 0. The van der Waals surface area contributed by atoms with Gasteiger partial charge in [-0.3, -0.25) is 0 Å². The van der Waals surface area contributed by atoms with Crippen LogP contribution in [0.2, 0.25) is 0 Å². The van der Waals surface area contributed by atoms with Gasteiger partial charge in [-0.2, -0.15) is 0 Å². The van der Waals surface area contributed by atoms with Gasteiger partial charge in [-0.15, -0.1) is 0 Å². The number of fused-ring (bicyclic) bond motifs is 1. The van der Waals surface area contributed by atoms with E-state index in [2.05, 4.69) is 5.32 Å². The minimum atomic E-state index is -0.733. The number of amides is 1. The van der Waals surface area contributed by atoms with E-state index >= 15 is 0 Å². The lowest BCUT2D eigenvalue weighted by Gasteiger charge is -2.08. The first-order valence-corrected chi connectivity index (χ1v) is 4.06. The highest BCUT2D eigenvalue weighted by Crippen LogP contribution is 2.31. The monoisotopic (exact) mass is 178 g/mol. The number of nitrogens with two attached hydrogens (primary N) is 1. The standard InChI is InChI=1S/C9H10N2O2/c10-9(12)13-8-5-11-7-4-2-1-3-6(7)8/h1-4,8,11H,5H2,(H2,10,12). The molecule has 0 spiro atoms. The Kier molecular flexibility index (Phi) is 1.81. The summed E-state index contributed by atoms with van der Waals surface area (Å²) < 4.78 is 4.91. The van der Waals surface area contributed by atoms with Crippen molar-refractivity contribution >= 4 is 11.8 Å². The SMILES string of the molecule is NC(=O)OC1CNc2ccccc21. The van der Waals surface area contributed by atoms with Crippen molar-refractivity contribution < 1.29 is 9.53 Å². The maximum atomic E-state index is 10.5. The van der Waals surface area contributed by atoms with E-state index in [4.69, 9.17) is 10.5 Å². The molecule has 2 rings (SSSR count). The summed E-state index contributed by atoms with van der Waals surface area (Å²) in [5.74, 6) is 0. The predicted octanol–water partition coefficient (Wildman–Crippen LogP) is 1.25. The molecule has 68 valence electrons. The molecule has 1 heterocycles. The van der Waals surface area contributed by atoms with Gasteiger partial charge < -0.3 is 15.8 Å². The normalized spacial score (nSPS) is 18.9. The highest BCUT2D eigenvalue weighted by atomic mass is 16.6. The Balaban J connectivity index is 2.23. The molecular formula is C9H10N2O2. The molecule has 0 fully saturated rings. The number of nitrogens with one attached hydrogen (secondary N) is 1. The summed E-state index contributed by atoms with van der Waals surface area (Å²) in [6.07, 6.45) is -0.975. The van der Waals surface area contributed by atoms with E-state index in [1.165, 1.54) is 0 Å². The van der Waals surface area contributed by atoms with Gasteiger partial charge in [0.05, 0.1) is 6.54 Å². The quantitative estimate of drug-likeness (QED) is 0.680. The number of rotatable bonds is 1. The summed E-state index contributed by atoms with van der Waals surface area (Å²) in [5, 5.41) is 3.12. The molecule has 1 aliphatic rings. The van der Waals surface area contributed by atoms with E-state index in [9.17, 15) is 4.79 Å². The zero-order valence-electron chi connectivity index (χ0n) is 6.99. The van der Waals surface area contributed by atoms with Crippen LogP contribution in [0.1, 0.15) is 11.7 Å². The molecule has 1 aromatic rings. The topological polar surface area (TPSA) is 64.4 Å². The second-order valence-corrected chi connectivity index (χ2v) is 2.89. The number of carbonyl (C=O) groups is 1. The van der Waals surface area contributed by atoms with Crippen LogP contribution in [0.3, 0.4) is 0 Å². The molecule has 1 unspecified atom stereocenters. The van der Waals surface area contributed by atoms with Crippen LogP contribution in [-0.2, 0) is 4.74 Å². The number of benzene rings is 1. The van der Waals surface area contributed by atoms with Gasteiger partial charge in [-0.1, -0.05) is 18.2 Å². The number of anilines is 1. The van der Waals surface area contributed by atoms with Crippen LogP contribution in [0.25, 0.3) is 0 Å². The minimum Gasteiger partial charge on any atom is -0.440 e. The van der Waals surface area contributed by atoms with Gasteiger partial charge in [0.15, 0.2) is 0 Å². The lowest BCUT2D eigenvalue weighted by molar-refractivity contribution is 0.117. The molecule has 1 aromatic carbocycles. The fourth-order valence-electron chi connectivity index (χ4n) is 1.50. The maximum Gasteiger partial charge on any atom is 0.405 e. The molecule has 0 saturated heterocycles. The largest absolute Gasteiger partial charge is 0.440 e. The summed E-state index contributed by atoms with van der Waals surface area (Å²) in [5.41, 5.74) is 6.94. The number of hydrogen-bond acceptors (Lipinski definition) is 3. The average molecular weight is 178 g/mol. The maximum absolute atomic E-state index is 10.5. The van der Waals surface area contributed by atoms with Crippen molar-refractivity contribution in [2.75, 3.05) is 11.9 Å². The average Bonchev–Trinajstić information content (AvgIpc) is 2.48. The van der Waals surface area contributed by atoms with Gasteiger partial charge in [0.2, 0.25) is 0 Å².